The number of benzene rings is 1. The van der Waals surface area contributed by atoms with Crippen molar-refractivity contribution in [1.82, 2.24) is 19.5 Å². The summed E-state index contributed by atoms with van der Waals surface area (Å²) in [6.07, 6.45) is 0. The predicted molar refractivity (Wildman–Crippen MR) is 90.6 cm³/mol. The molecule has 122 valence electrons. The maximum atomic E-state index is 12.3. The van der Waals surface area contributed by atoms with Crippen molar-refractivity contribution in [2.75, 3.05) is 39.3 Å². The van der Waals surface area contributed by atoms with Crippen molar-refractivity contribution in [3.05, 3.63) is 30.0 Å². The Kier molecular flexibility index (Phi) is 4.88. The molecule has 1 aromatic heterocycles. The topological polar surface area (TPSA) is 65.5 Å². The second kappa shape index (κ2) is 7.06. The number of carbonyl (C=O) groups is 2. The number of nitrogens with one attached hydrogen (secondary N) is 1. The average Bonchev–Trinajstić information content (AvgIpc) is 3.03. The van der Waals surface area contributed by atoms with Crippen molar-refractivity contribution in [1.29, 1.82) is 0 Å². The van der Waals surface area contributed by atoms with Crippen LogP contribution in [0.25, 0.3) is 10.1 Å². The maximum Gasteiger partial charge on any atom is 0.272 e. The Labute approximate surface area is 139 Å². The van der Waals surface area contributed by atoms with E-state index in [2.05, 4.69) is 21.5 Å². The van der Waals surface area contributed by atoms with Gasteiger partial charge in [-0.15, -0.1) is 0 Å². The van der Waals surface area contributed by atoms with Gasteiger partial charge < -0.3 is 15.1 Å². The summed E-state index contributed by atoms with van der Waals surface area (Å²) in [4.78, 5) is 28.6. The van der Waals surface area contributed by atoms with Crippen molar-refractivity contribution in [2.45, 2.75) is 6.92 Å². The van der Waals surface area contributed by atoms with Crippen LogP contribution in [0.4, 0.5) is 0 Å². The summed E-state index contributed by atoms with van der Waals surface area (Å²) in [6, 6.07) is 7.61. The molecule has 1 fully saturated rings. The zero-order valence-corrected chi connectivity index (χ0v) is 13.9. The number of aromatic nitrogens is 1. The number of likely N-dealkylation sites (N-methyl/N-ethyl adjacent to an activating group) is 1. The second-order valence-corrected chi connectivity index (χ2v) is 6.33. The smallest absolute Gasteiger partial charge is 0.272 e. The number of fused-ring (bicyclic) bond motifs is 1. The number of piperazine rings is 1. The van der Waals surface area contributed by atoms with E-state index < -0.39 is 0 Å². The largest absolute Gasteiger partial charge is 0.342 e. The van der Waals surface area contributed by atoms with E-state index in [1.807, 2.05) is 29.2 Å². The van der Waals surface area contributed by atoms with Gasteiger partial charge in [-0.25, -0.2) is 0 Å². The van der Waals surface area contributed by atoms with Gasteiger partial charge in [-0.1, -0.05) is 25.1 Å². The van der Waals surface area contributed by atoms with Crippen LogP contribution in [0, 0.1) is 0 Å². The van der Waals surface area contributed by atoms with Crippen LogP contribution < -0.4 is 5.32 Å². The fourth-order valence-electron chi connectivity index (χ4n) is 2.71. The Morgan fingerprint density at radius 3 is 2.70 bits per heavy atom. The summed E-state index contributed by atoms with van der Waals surface area (Å²) in [5.74, 6) is -0.323. The first-order valence-corrected chi connectivity index (χ1v) is 8.59. The lowest BCUT2D eigenvalue weighted by Crippen LogP contribution is -2.51. The highest BCUT2D eigenvalue weighted by Gasteiger charge is 2.21. The van der Waals surface area contributed by atoms with Crippen LogP contribution in [0.15, 0.2) is 24.3 Å². The molecular formula is C16H20N4O2S. The molecule has 0 saturated carbocycles. The first-order valence-electron chi connectivity index (χ1n) is 7.81. The Balaban J connectivity index is 1.56. The SMILES string of the molecule is CCN1CCN(C(=O)CNC(=O)c2nsc3ccccc23)CC1. The lowest BCUT2D eigenvalue weighted by Gasteiger charge is -2.34. The molecule has 0 bridgehead atoms. The van der Waals surface area contributed by atoms with Crippen LogP contribution in [0.2, 0.25) is 0 Å². The van der Waals surface area contributed by atoms with Crippen molar-refractivity contribution >= 4 is 33.4 Å². The zero-order chi connectivity index (χ0) is 16.2. The summed E-state index contributed by atoms with van der Waals surface area (Å²) in [6.45, 7) is 6.40. The molecule has 2 aromatic rings. The number of nitrogens with zero attached hydrogens (tertiary/aromatic N) is 3. The van der Waals surface area contributed by atoms with Gasteiger partial charge >= 0.3 is 0 Å². The number of carbonyl (C=O) groups excluding carboxylic acids is 2. The third kappa shape index (κ3) is 3.51. The van der Waals surface area contributed by atoms with Crippen molar-refractivity contribution in [2.24, 2.45) is 0 Å². The number of hydrogen-bond donors (Lipinski definition) is 1. The molecule has 0 unspecified atom stereocenters. The molecule has 23 heavy (non-hydrogen) atoms. The molecule has 3 rings (SSSR count). The average molecular weight is 332 g/mol. The van der Waals surface area contributed by atoms with Gasteiger partial charge in [0, 0.05) is 31.6 Å². The molecule has 1 saturated heterocycles. The Morgan fingerprint density at radius 1 is 1.22 bits per heavy atom. The Morgan fingerprint density at radius 2 is 1.96 bits per heavy atom. The number of amides is 2. The van der Waals surface area contributed by atoms with Gasteiger partial charge in [0.05, 0.1) is 11.2 Å². The molecule has 1 aliphatic rings. The van der Waals surface area contributed by atoms with Gasteiger partial charge in [0.1, 0.15) is 5.69 Å². The highest BCUT2D eigenvalue weighted by atomic mass is 32.1. The van der Waals surface area contributed by atoms with Crippen molar-refractivity contribution < 1.29 is 9.59 Å². The normalized spacial score (nSPS) is 15.8. The molecule has 2 amide bonds. The first kappa shape index (κ1) is 15.9. The minimum absolute atomic E-state index is 0.0246. The highest BCUT2D eigenvalue weighted by molar-refractivity contribution is 7.13. The number of rotatable bonds is 4. The van der Waals surface area contributed by atoms with Crippen LogP contribution >= 0.6 is 11.5 Å². The van der Waals surface area contributed by atoms with Gasteiger partial charge in [-0.2, -0.15) is 4.37 Å². The van der Waals surface area contributed by atoms with E-state index in [1.54, 1.807) is 0 Å². The zero-order valence-electron chi connectivity index (χ0n) is 13.1. The molecule has 0 radical (unpaired) electrons. The summed E-state index contributed by atoms with van der Waals surface area (Å²) in [5, 5.41) is 3.53. The van der Waals surface area contributed by atoms with Crippen LogP contribution in [0.5, 0.6) is 0 Å². The van der Waals surface area contributed by atoms with Crippen LogP contribution in [0.3, 0.4) is 0 Å². The fraction of sp³-hybridized carbons (Fsp3) is 0.438. The molecule has 1 aromatic carbocycles. The maximum absolute atomic E-state index is 12.3. The highest BCUT2D eigenvalue weighted by Crippen LogP contribution is 2.21. The molecule has 1 aliphatic heterocycles. The molecule has 0 atom stereocenters. The van der Waals surface area contributed by atoms with E-state index in [9.17, 15) is 9.59 Å². The van der Waals surface area contributed by atoms with E-state index in [4.69, 9.17) is 0 Å². The minimum Gasteiger partial charge on any atom is -0.342 e. The lowest BCUT2D eigenvalue weighted by atomic mass is 10.2. The first-order chi connectivity index (χ1) is 11.2. The van der Waals surface area contributed by atoms with E-state index in [-0.39, 0.29) is 18.4 Å². The van der Waals surface area contributed by atoms with Crippen LogP contribution in [-0.2, 0) is 4.79 Å². The molecule has 6 nitrogen and oxygen atoms in total. The third-order valence-electron chi connectivity index (χ3n) is 4.16. The Bertz CT molecular complexity index is 707. The van der Waals surface area contributed by atoms with Crippen molar-refractivity contribution in [3.8, 4) is 0 Å². The fourth-order valence-corrected chi connectivity index (χ4v) is 3.49. The quantitative estimate of drug-likeness (QED) is 0.913. The minimum atomic E-state index is -0.289. The van der Waals surface area contributed by atoms with Gasteiger partial charge in [-0.05, 0) is 24.1 Å². The molecular weight excluding hydrogens is 312 g/mol. The van der Waals surface area contributed by atoms with Gasteiger partial charge in [-0.3, -0.25) is 9.59 Å². The van der Waals surface area contributed by atoms with Gasteiger partial charge in [0.2, 0.25) is 5.91 Å². The summed E-state index contributed by atoms with van der Waals surface area (Å²) in [5.41, 5.74) is 0.397. The predicted octanol–water partition coefficient (Wildman–Crippen LogP) is 1.19. The summed E-state index contributed by atoms with van der Waals surface area (Å²) >= 11 is 1.30. The van der Waals surface area contributed by atoms with Crippen LogP contribution in [0.1, 0.15) is 17.4 Å². The van der Waals surface area contributed by atoms with E-state index in [1.165, 1.54) is 11.5 Å². The van der Waals surface area contributed by atoms with Crippen LogP contribution in [-0.4, -0.2) is 65.3 Å². The molecule has 7 heteroatoms. The molecule has 2 heterocycles. The second-order valence-electron chi connectivity index (χ2n) is 5.53. The molecule has 1 N–H and O–H groups in total. The molecule has 0 spiro atoms. The van der Waals surface area contributed by atoms with E-state index in [0.29, 0.717) is 5.69 Å². The standard InChI is InChI=1S/C16H20N4O2S/c1-2-19-7-9-20(10-8-19)14(21)11-17-16(22)15-12-5-3-4-6-13(12)23-18-15/h3-6H,2,7-11H2,1H3,(H,17,22). The number of hydrogen-bond acceptors (Lipinski definition) is 5. The molecule has 0 aliphatic carbocycles. The van der Waals surface area contributed by atoms with Gasteiger partial charge in [0.15, 0.2) is 0 Å². The third-order valence-corrected chi connectivity index (χ3v) is 4.99. The monoisotopic (exact) mass is 332 g/mol. The summed E-state index contributed by atoms with van der Waals surface area (Å²) < 4.78 is 5.18. The lowest BCUT2D eigenvalue weighted by molar-refractivity contribution is -0.131. The Hall–Kier alpha value is -1.99. The van der Waals surface area contributed by atoms with E-state index >= 15 is 0 Å². The summed E-state index contributed by atoms with van der Waals surface area (Å²) in [7, 11) is 0. The van der Waals surface area contributed by atoms with Gasteiger partial charge in [0.25, 0.3) is 5.91 Å². The van der Waals surface area contributed by atoms with Crippen molar-refractivity contribution in [3.63, 3.8) is 0 Å². The van der Waals surface area contributed by atoms with E-state index in [0.717, 1.165) is 42.8 Å².